The molecule has 0 aromatic heterocycles. The average Bonchev–Trinajstić information content (AvgIpc) is 1.88. The highest BCUT2D eigenvalue weighted by Gasteiger charge is 2.05. The van der Waals surface area contributed by atoms with Crippen molar-refractivity contribution in [1.82, 2.24) is 0 Å². The maximum Gasteiger partial charge on any atom is 0.126 e. The normalized spacial score (nSPS) is 10.7. The van der Waals surface area contributed by atoms with Crippen molar-refractivity contribution in [3.63, 3.8) is 0 Å². The van der Waals surface area contributed by atoms with Gasteiger partial charge in [0.05, 0.1) is 13.2 Å². The summed E-state index contributed by atoms with van der Waals surface area (Å²) < 4.78 is 9.34. The molecule has 2 unspecified atom stereocenters. The third-order valence-corrected chi connectivity index (χ3v) is 1.14. The van der Waals surface area contributed by atoms with Crippen LogP contribution in [0.3, 0.4) is 0 Å². The molecule has 0 saturated carbocycles. The Labute approximate surface area is 58.9 Å². The molecule has 0 bridgehead atoms. The standard InChI is InChI=1S/C3H11NO3P2/c4-7-3(1-5-8)2-6-9/h3H,1-2,4,8-9H2. The minimum absolute atomic E-state index is 0.194. The summed E-state index contributed by atoms with van der Waals surface area (Å²) in [5.74, 6) is 4.87. The molecule has 2 atom stereocenters. The number of hydrogen-bond donors (Lipinski definition) is 1. The fourth-order valence-corrected chi connectivity index (χ4v) is 0.771. The minimum atomic E-state index is -0.194. The molecule has 0 aromatic rings. The van der Waals surface area contributed by atoms with Crippen LogP contribution in [0.2, 0.25) is 0 Å². The summed E-state index contributed by atoms with van der Waals surface area (Å²) in [6.45, 7) is 0.825. The summed E-state index contributed by atoms with van der Waals surface area (Å²) in [7, 11) is 4.21. The van der Waals surface area contributed by atoms with Crippen LogP contribution in [-0.4, -0.2) is 19.3 Å². The van der Waals surface area contributed by atoms with E-state index in [-0.39, 0.29) is 6.10 Å². The Morgan fingerprint density at radius 1 is 1.22 bits per heavy atom. The van der Waals surface area contributed by atoms with Gasteiger partial charge < -0.3 is 9.05 Å². The topological polar surface area (TPSA) is 53.7 Å². The van der Waals surface area contributed by atoms with Crippen LogP contribution in [0.25, 0.3) is 0 Å². The van der Waals surface area contributed by atoms with Crippen molar-refractivity contribution in [3.8, 4) is 0 Å². The molecule has 2 N–H and O–H groups in total. The van der Waals surface area contributed by atoms with Crippen molar-refractivity contribution in [3.05, 3.63) is 0 Å². The van der Waals surface area contributed by atoms with Gasteiger partial charge in [-0.25, -0.2) is 5.90 Å². The van der Waals surface area contributed by atoms with Gasteiger partial charge in [0.1, 0.15) is 6.10 Å². The van der Waals surface area contributed by atoms with E-state index < -0.39 is 0 Å². The maximum absolute atomic E-state index is 4.87. The van der Waals surface area contributed by atoms with Gasteiger partial charge in [0.2, 0.25) is 0 Å². The molecule has 0 spiro atoms. The lowest BCUT2D eigenvalue weighted by Crippen LogP contribution is -2.25. The quantitative estimate of drug-likeness (QED) is 0.462. The first-order valence-corrected chi connectivity index (χ1v) is 3.28. The van der Waals surface area contributed by atoms with Gasteiger partial charge >= 0.3 is 0 Å². The summed E-state index contributed by atoms with van der Waals surface area (Å²) in [5.41, 5.74) is 0. The lowest BCUT2D eigenvalue weighted by molar-refractivity contribution is -0.000763. The van der Waals surface area contributed by atoms with E-state index in [2.05, 4.69) is 32.8 Å². The Balaban J connectivity index is 3.18. The van der Waals surface area contributed by atoms with E-state index >= 15 is 0 Å². The van der Waals surface area contributed by atoms with Gasteiger partial charge in [0.15, 0.2) is 0 Å². The second-order valence-corrected chi connectivity index (χ2v) is 2.09. The molecule has 0 saturated heterocycles. The summed E-state index contributed by atoms with van der Waals surface area (Å²) in [6.07, 6.45) is -0.194. The van der Waals surface area contributed by atoms with Gasteiger partial charge in [-0.15, -0.1) is 0 Å². The zero-order valence-electron chi connectivity index (χ0n) is 4.95. The summed E-state index contributed by atoms with van der Waals surface area (Å²) in [4.78, 5) is 4.45. The highest BCUT2D eigenvalue weighted by molar-refractivity contribution is 7.10. The predicted octanol–water partition coefficient (Wildman–Crippen LogP) is -0.141. The first-order chi connectivity index (χ1) is 4.35. The SMILES string of the molecule is NOC(COP)COP. The van der Waals surface area contributed by atoms with Gasteiger partial charge in [-0.2, -0.15) is 0 Å². The Bertz CT molecular complexity index is 59.0. The van der Waals surface area contributed by atoms with Gasteiger partial charge in [-0.1, -0.05) is 0 Å². The molecular weight excluding hydrogens is 160 g/mol. The monoisotopic (exact) mass is 171 g/mol. The third-order valence-electron chi connectivity index (χ3n) is 0.757. The Morgan fingerprint density at radius 3 is 1.89 bits per heavy atom. The van der Waals surface area contributed by atoms with E-state index in [1.54, 1.807) is 0 Å². The van der Waals surface area contributed by atoms with Crippen LogP contribution in [-0.2, 0) is 13.9 Å². The van der Waals surface area contributed by atoms with Crippen LogP contribution in [0.4, 0.5) is 0 Å². The molecule has 0 amide bonds. The fraction of sp³-hybridized carbons (Fsp3) is 1.00. The molecule has 0 aromatic carbocycles. The smallest absolute Gasteiger partial charge is 0.126 e. The van der Waals surface area contributed by atoms with Crippen LogP contribution in [0.15, 0.2) is 0 Å². The molecular formula is C3H11NO3P2. The zero-order valence-corrected chi connectivity index (χ0v) is 7.26. The summed E-state index contributed by atoms with van der Waals surface area (Å²) in [6, 6.07) is 0. The molecule has 6 heteroatoms. The third kappa shape index (κ3) is 5.16. The lowest BCUT2D eigenvalue weighted by atomic mass is 10.4. The fourth-order valence-electron chi connectivity index (χ4n) is 0.341. The van der Waals surface area contributed by atoms with Crippen LogP contribution in [0.5, 0.6) is 0 Å². The van der Waals surface area contributed by atoms with Gasteiger partial charge in [-0.05, 0) is 0 Å². The molecule has 0 fully saturated rings. The van der Waals surface area contributed by atoms with Crippen molar-refractivity contribution < 1.29 is 13.9 Å². The average molecular weight is 171 g/mol. The van der Waals surface area contributed by atoms with Crippen molar-refractivity contribution in [2.24, 2.45) is 5.90 Å². The van der Waals surface area contributed by atoms with E-state index in [1.165, 1.54) is 0 Å². The van der Waals surface area contributed by atoms with E-state index in [1.807, 2.05) is 0 Å². The van der Waals surface area contributed by atoms with Gasteiger partial charge in [-0.3, -0.25) is 4.84 Å². The second kappa shape index (κ2) is 6.81. The van der Waals surface area contributed by atoms with Gasteiger partial charge in [0, 0.05) is 18.9 Å². The van der Waals surface area contributed by atoms with Crippen molar-refractivity contribution >= 4 is 18.9 Å². The molecule has 0 heterocycles. The Morgan fingerprint density at radius 2 is 1.67 bits per heavy atom. The first kappa shape index (κ1) is 9.70. The van der Waals surface area contributed by atoms with Crippen LogP contribution in [0, 0.1) is 0 Å². The van der Waals surface area contributed by atoms with Crippen LogP contribution >= 0.6 is 18.9 Å². The predicted molar refractivity (Wildman–Crippen MR) is 40.4 cm³/mol. The zero-order chi connectivity index (χ0) is 7.11. The molecule has 56 valence electrons. The van der Waals surface area contributed by atoms with E-state index in [0.29, 0.717) is 13.2 Å². The van der Waals surface area contributed by atoms with Crippen LogP contribution in [0.1, 0.15) is 0 Å². The number of nitrogens with two attached hydrogens (primary N) is 1. The largest absolute Gasteiger partial charge is 0.363 e. The Hall–Kier alpha value is 0.700. The molecule has 4 nitrogen and oxygen atoms in total. The van der Waals surface area contributed by atoms with Crippen molar-refractivity contribution in [2.45, 2.75) is 6.10 Å². The number of rotatable bonds is 5. The molecule has 0 aliphatic carbocycles. The van der Waals surface area contributed by atoms with Crippen LogP contribution < -0.4 is 5.90 Å². The van der Waals surface area contributed by atoms with Crippen molar-refractivity contribution in [2.75, 3.05) is 13.2 Å². The number of hydrogen-bond acceptors (Lipinski definition) is 4. The first-order valence-electron chi connectivity index (χ1n) is 2.34. The molecule has 0 aliphatic heterocycles. The van der Waals surface area contributed by atoms with E-state index in [0.717, 1.165) is 0 Å². The highest BCUT2D eigenvalue weighted by Crippen LogP contribution is 1.97. The molecule has 0 aliphatic rings. The van der Waals surface area contributed by atoms with E-state index in [9.17, 15) is 0 Å². The minimum Gasteiger partial charge on any atom is -0.363 e. The maximum atomic E-state index is 4.87. The second-order valence-electron chi connectivity index (χ2n) is 1.42. The highest BCUT2D eigenvalue weighted by atomic mass is 31.0. The molecule has 0 rings (SSSR count). The summed E-state index contributed by atoms with van der Waals surface area (Å²) in [5, 5.41) is 0. The Kier molecular flexibility index (Phi) is 7.34. The summed E-state index contributed by atoms with van der Waals surface area (Å²) >= 11 is 0. The molecule has 0 radical (unpaired) electrons. The lowest BCUT2D eigenvalue weighted by Gasteiger charge is -2.10. The van der Waals surface area contributed by atoms with Gasteiger partial charge in [0.25, 0.3) is 0 Å². The van der Waals surface area contributed by atoms with E-state index in [4.69, 9.17) is 5.90 Å². The molecule has 9 heavy (non-hydrogen) atoms. The van der Waals surface area contributed by atoms with Crippen molar-refractivity contribution in [1.29, 1.82) is 0 Å².